The first-order valence-corrected chi connectivity index (χ1v) is 11.0. The van der Waals surface area contributed by atoms with Crippen LogP contribution in [0.4, 0.5) is 22.9 Å². The molecule has 0 aliphatic carbocycles. The van der Waals surface area contributed by atoms with Gasteiger partial charge in [-0.1, -0.05) is 12.1 Å². The normalized spacial score (nSPS) is 13.4. The molecule has 3 aromatic rings. The third kappa shape index (κ3) is 6.02. The Hall–Kier alpha value is -4.11. The lowest BCUT2D eigenvalue weighted by atomic mass is 10.1. The zero-order chi connectivity index (χ0) is 23.9. The minimum atomic E-state index is -0.980. The highest BCUT2D eigenvalue weighted by molar-refractivity contribution is 5.87. The number of pyridine rings is 1. The number of anilines is 4. The molecule has 5 N–H and O–H groups in total. The zero-order valence-corrected chi connectivity index (χ0v) is 18.7. The van der Waals surface area contributed by atoms with Crippen LogP contribution in [0.15, 0.2) is 60.8 Å². The number of rotatable bonds is 9. The molecule has 2 heterocycles. The first kappa shape index (κ1) is 23.1. The zero-order valence-electron chi connectivity index (χ0n) is 18.7. The highest BCUT2D eigenvalue weighted by Crippen LogP contribution is 2.25. The first-order valence-electron chi connectivity index (χ1n) is 11.0. The molecule has 0 unspecified atom stereocenters. The lowest BCUT2D eigenvalue weighted by Gasteiger charge is -2.28. The van der Waals surface area contributed by atoms with Gasteiger partial charge in [-0.3, -0.25) is 4.79 Å². The van der Waals surface area contributed by atoms with Gasteiger partial charge in [-0.15, -0.1) is 0 Å². The number of carbonyl (C=O) groups is 2. The van der Waals surface area contributed by atoms with Crippen LogP contribution in [0.3, 0.4) is 0 Å². The second-order valence-electron chi connectivity index (χ2n) is 8.00. The van der Waals surface area contributed by atoms with E-state index in [1.165, 1.54) is 0 Å². The number of hydrogen-bond acceptors (Lipinski definition) is 7. The molecular formula is C25H27N5O4. The topological polar surface area (TPSA) is 130 Å². The van der Waals surface area contributed by atoms with Gasteiger partial charge in [0.1, 0.15) is 5.82 Å². The molecule has 0 saturated carbocycles. The Bertz CT molecular complexity index is 1160. The number of amides is 1. The van der Waals surface area contributed by atoms with E-state index in [4.69, 9.17) is 10.5 Å². The summed E-state index contributed by atoms with van der Waals surface area (Å²) in [7, 11) is 0. The third-order valence-corrected chi connectivity index (χ3v) is 5.52. The summed E-state index contributed by atoms with van der Waals surface area (Å²) in [5.41, 5.74) is 9.80. The minimum Gasteiger partial charge on any atom is -0.478 e. The van der Waals surface area contributed by atoms with Gasteiger partial charge in [0.15, 0.2) is 0 Å². The van der Waals surface area contributed by atoms with Gasteiger partial charge in [-0.05, 0) is 42.0 Å². The van der Waals surface area contributed by atoms with E-state index in [1.54, 1.807) is 24.4 Å². The summed E-state index contributed by atoms with van der Waals surface area (Å²) in [6, 6.07) is 16.6. The summed E-state index contributed by atoms with van der Waals surface area (Å²) in [5, 5.41) is 15.8. The molecule has 176 valence electrons. The molecule has 0 radical (unpaired) electrons. The second-order valence-corrected chi connectivity index (χ2v) is 8.00. The summed E-state index contributed by atoms with van der Waals surface area (Å²) < 4.78 is 5.41. The van der Waals surface area contributed by atoms with Crippen molar-refractivity contribution >= 4 is 34.8 Å². The van der Waals surface area contributed by atoms with Crippen LogP contribution in [-0.4, -0.2) is 48.3 Å². The number of ether oxygens (including phenoxy) is 1. The molecule has 1 aliphatic heterocycles. The van der Waals surface area contributed by atoms with E-state index in [9.17, 15) is 14.7 Å². The summed E-state index contributed by atoms with van der Waals surface area (Å²) in [4.78, 5) is 29.5. The van der Waals surface area contributed by atoms with Crippen LogP contribution in [0.1, 0.15) is 21.5 Å². The van der Waals surface area contributed by atoms with Crippen LogP contribution >= 0.6 is 0 Å². The smallest absolute Gasteiger partial charge is 0.335 e. The predicted molar refractivity (Wildman–Crippen MR) is 131 cm³/mol. The Kier molecular flexibility index (Phi) is 7.24. The molecule has 1 saturated heterocycles. The SMILES string of the molecule is NC(=O)Cc1cnc(Nc2ccc(N3CCOCC3)cc2)cc1NCc1cccc(C(=O)O)c1. The van der Waals surface area contributed by atoms with Crippen molar-refractivity contribution in [2.24, 2.45) is 5.73 Å². The molecule has 34 heavy (non-hydrogen) atoms. The molecule has 1 fully saturated rings. The van der Waals surface area contributed by atoms with E-state index < -0.39 is 11.9 Å². The highest BCUT2D eigenvalue weighted by Gasteiger charge is 2.12. The Morgan fingerprint density at radius 2 is 1.85 bits per heavy atom. The van der Waals surface area contributed by atoms with E-state index in [2.05, 4.69) is 32.7 Å². The van der Waals surface area contributed by atoms with Crippen LogP contribution in [-0.2, 0) is 22.5 Å². The number of carboxylic acid groups (broad SMARTS) is 1. The number of hydrogen-bond donors (Lipinski definition) is 4. The van der Waals surface area contributed by atoms with Crippen molar-refractivity contribution in [1.29, 1.82) is 0 Å². The fraction of sp³-hybridized carbons (Fsp3) is 0.240. The van der Waals surface area contributed by atoms with Gasteiger partial charge in [0.05, 0.1) is 25.2 Å². The van der Waals surface area contributed by atoms with Gasteiger partial charge in [0, 0.05) is 54.5 Å². The predicted octanol–water partition coefficient (Wildman–Crippen LogP) is 3.00. The van der Waals surface area contributed by atoms with Gasteiger partial charge < -0.3 is 31.1 Å². The van der Waals surface area contributed by atoms with E-state index in [0.717, 1.165) is 43.2 Å². The van der Waals surface area contributed by atoms with E-state index in [1.807, 2.05) is 24.3 Å². The van der Waals surface area contributed by atoms with Crippen molar-refractivity contribution in [3.05, 3.63) is 77.5 Å². The maximum atomic E-state index is 11.5. The quantitative estimate of drug-likeness (QED) is 0.383. The number of nitrogens with one attached hydrogen (secondary N) is 2. The lowest BCUT2D eigenvalue weighted by Crippen LogP contribution is -2.36. The first-order chi connectivity index (χ1) is 16.5. The molecule has 9 heteroatoms. The van der Waals surface area contributed by atoms with Crippen molar-refractivity contribution in [3.8, 4) is 0 Å². The minimum absolute atomic E-state index is 0.0407. The van der Waals surface area contributed by atoms with Crippen molar-refractivity contribution in [3.63, 3.8) is 0 Å². The summed E-state index contributed by atoms with van der Waals surface area (Å²) in [5.74, 6) is -0.836. The maximum Gasteiger partial charge on any atom is 0.335 e. The van der Waals surface area contributed by atoms with Crippen molar-refractivity contribution in [2.75, 3.05) is 41.8 Å². The number of nitrogens with zero attached hydrogens (tertiary/aromatic N) is 2. The molecule has 4 rings (SSSR count). The fourth-order valence-electron chi connectivity index (χ4n) is 3.78. The fourth-order valence-corrected chi connectivity index (χ4v) is 3.78. The monoisotopic (exact) mass is 461 g/mol. The van der Waals surface area contributed by atoms with Gasteiger partial charge in [-0.25, -0.2) is 9.78 Å². The molecule has 1 amide bonds. The molecule has 1 aliphatic rings. The van der Waals surface area contributed by atoms with Crippen LogP contribution in [0.2, 0.25) is 0 Å². The van der Waals surface area contributed by atoms with Crippen molar-refractivity contribution < 1.29 is 19.4 Å². The van der Waals surface area contributed by atoms with E-state index in [-0.39, 0.29) is 12.0 Å². The largest absolute Gasteiger partial charge is 0.478 e. The molecular weight excluding hydrogens is 434 g/mol. The molecule has 2 aromatic carbocycles. The second kappa shape index (κ2) is 10.7. The maximum absolute atomic E-state index is 11.5. The van der Waals surface area contributed by atoms with Gasteiger partial charge in [0.25, 0.3) is 0 Å². The van der Waals surface area contributed by atoms with E-state index >= 15 is 0 Å². The number of nitrogens with two attached hydrogens (primary N) is 1. The van der Waals surface area contributed by atoms with Gasteiger partial charge >= 0.3 is 5.97 Å². The Morgan fingerprint density at radius 1 is 1.09 bits per heavy atom. The Balaban J connectivity index is 1.49. The number of carboxylic acids is 1. The number of aromatic nitrogens is 1. The standard InChI is InChI=1S/C25H27N5O4/c26-23(31)13-19-16-28-24(14-22(19)27-15-17-2-1-3-18(12-17)25(32)33)29-20-4-6-21(7-5-20)30-8-10-34-11-9-30/h1-7,12,14,16H,8-11,13,15H2,(H2,26,31)(H,32,33)(H2,27,28,29). The molecule has 0 atom stereocenters. The van der Waals surface area contributed by atoms with Crippen LogP contribution in [0.5, 0.6) is 0 Å². The molecule has 0 bridgehead atoms. The Labute approximate surface area is 197 Å². The van der Waals surface area contributed by atoms with Gasteiger partial charge in [-0.2, -0.15) is 0 Å². The highest BCUT2D eigenvalue weighted by atomic mass is 16.5. The van der Waals surface area contributed by atoms with Crippen LogP contribution < -0.4 is 21.3 Å². The van der Waals surface area contributed by atoms with Crippen LogP contribution in [0.25, 0.3) is 0 Å². The number of primary amides is 1. The third-order valence-electron chi connectivity index (χ3n) is 5.52. The van der Waals surface area contributed by atoms with Crippen molar-refractivity contribution in [2.45, 2.75) is 13.0 Å². The molecule has 1 aromatic heterocycles. The summed E-state index contributed by atoms with van der Waals surface area (Å²) in [6.45, 7) is 3.60. The number of aromatic carboxylic acids is 1. The number of benzene rings is 2. The number of morpholine rings is 1. The summed E-state index contributed by atoms with van der Waals surface area (Å²) in [6.07, 6.45) is 1.66. The molecule has 9 nitrogen and oxygen atoms in total. The molecule has 0 spiro atoms. The van der Waals surface area contributed by atoms with Gasteiger partial charge in [0.2, 0.25) is 5.91 Å². The Morgan fingerprint density at radius 3 is 2.56 bits per heavy atom. The number of carbonyl (C=O) groups excluding carboxylic acids is 1. The lowest BCUT2D eigenvalue weighted by molar-refractivity contribution is -0.117. The summed E-state index contributed by atoms with van der Waals surface area (Å²) >= 11 is 0. The van der Waals surface area contributed by atoms with Crippen LogP contribution in [0, 0.1) is 0 Å². The average molecular weight is 462 g/mol. The average Bonchev–Trinajstić information content (AvgIpc) is 2.85. The van der Waals surface area contributed by atoms with E-state index in [0.29, 0.717) is 23.6 Å². The van der Waals surface area contributed by atoms with Crippen molar-refractivity contribution in [1.82, 2.24) is 4.98 Å².